The van der Waals surface area contributed by atoms with Gasteiger partial charge in [-0.25, -0.2) is 14.6 Å². The van der Waals surface area contributed by atoms with Gasteiger partial charge in [0.05, 0.1) is 0 Å². The molecule has 7 nitrogen and oxygen atoms in total. The van der Waals surface area contributed by atoms with Gasteiger partial charge in [0.25, 0.3) is 0 Å². The van der Waals surface area contributed by atoms with E-state index in [1.54, 1.807) is 17.2 Å². The van der Waals surface area contributed by atoms with Crippen LogP contribution in [0.25, 0.3) is 5.82 Å². The van der Waals surface area contributed by atoms with E-state index < -0.39 is 0 Å². The van der Waals surface area contributed by atoms with Crippen molar-refractivity contribution in [1.29, 1.82) is 0 Å². The molecule has 0 N–H and O–H groups in total. The standard InChI is InChI=1S/C20H29N7/c1-2-6-24(7-3-1)9-10-25-12-17-14-26(15-18(17)13-25)19-11-20(22-16-21-19)27-8-4-5-23-27/h4-5,8,11,16-18H,1-3,6-7,9-10,12-15H2. The minimum Gasteiger partial charge on any atom is -0.356 e. The molecule has 5 heterocycles. The first kappa shape index (κ1) is 17.1. The molecule has 0 aromatic carbocycles. The predicted octanol–water partition coefficient (Wildman–Crippen LogP) is 1.52. The maximum atomic E-state index is 4.53. The van der Waals surface area contributed by atoms with Crippen molar-refractivity contribution >= 4 is 5.82 Å². The molecular weight excluding hydrogens is 338 g/mol. The van der Waals surface area contributed by atoms with Crippen LogP contribution in [0.3, 0.4) is 0 Å². The Hall–Kier alpha value is -1.99. The average molecular weight is 368 g/mol. The summed E-state index contributed by atoms with van der Waals surface area (Å²) < 4.78 is 1.80. The number of aromatic nitrogens is 4. The van der Waals surface area contributed by atoms with Crippen molar-refractivity contribution in [2.75, 3.05) is 57.3 Å². The van der Waals surface area contributed by atoms with Gasteiger partial charge in [0.15, 0.2) is 5.82 Å². The van der Waals surface area contributed by atoms with Gasteiger partial charge in [0, 0.05) is 57.7 Å². The maximum Gasteiger partial charge on any atom is 0.158 e. The SMILES string of the molecule is c1cnn(-c2cc(N3CC4CN(CCN5CCCCC5)CC4C3)ncn2)c1. The van der Waals surface area contributed by atoms with Crippen molar-refractivity contribution in [1.82, 2.24) is 29.5 Å². The van der Waals surface area contributed by atoms with Crippen LogP contribution < -0.4 is 4.90 Å². The molecule has 3 aliphatic heterocycles. The van der Waals surface area contributed by atoms with E-state index in [1.807, 2.05) is 12.3 Å². The highest BCUT2D eigenvalue weighted by molar-refractivity contribution is 5.44. The predicted molar refractivity (Wildman–Crippen MR) is 105 cm³/mol. The molecule has 3 aliphatic rings. The van der Waals surface area contributed by atoms with Crippen LogP contribution in [0.1, 0.15) is 19.3 Å². The number of hydrogen-bond acceptors (Lipinski definition) is 6. The fourth-order valence-electron chi connectivity index (χ4n) is 4.97. The van der Waals surface area contributed by atoms with Crippen molar-refractivity contribution < 1.29 is 0 Å². The lowest BCUT2D eigenvalue weighted by atomic mass is 10.0. The summed E-state index contributed by atoms with van der Waals surface area (Å²) in [7, 11) is 0. The zero-order valence-electron chi connectivity index (χ0n) is 16.0. The normalized spacial score (nSPS) is 26.6. The number of rotatable bonds is 5. The summed E-state index contributed by atoms with van der Waals surface area (Å²) in [5, 5.41) is 4.28. The second-order valence-corrected chi connectivity index (χ2v) is 8.27. The molecule has 144 valence electrons. The third kappa shape index (κ3) is 3.71. The molecule has 7 heteroatoms. The van der Waals surface area contributed by atoms with Gasteiger partial charge < -0.3 is 14.7 Å². The minimum absolute atomic E-state index is 0.773. The Balaban J connectivity index is 1.16. The quantitative estimate of drug-likeness (QED) is 0.799. The first-order chi connectivity index (χ1) is 13.3. The van der Waals surface area contributed by atoms with Gasteiger partial charge in [-0.3, -0.25) is 0 Å². The smallest absolute Gasteiger partial charge is 0.158 e. The summed E-state index contributed by atoms with van der Waals surface area (Å²) in [6, 6.07) is 3.97. The molecule has 0 spiro atoms. The van der Waals surface area contributed by atoms with E-state index in [9.17, 15) is 0 Å². The van der Waals surface area contributed by atoms with Crippen LogP contribution in [0.4, 0.5) is 5.82 Å². The van der Waals surface area contributed by atoms with Crippen LogP contribution >= 0.6 is 0 Å². The molecule has 0 saturated carbocycles. The van der Waals surface area contributed by atoms with Gasteiger partial charge in [0.1, 0.15) is 12.1 Å². The molecule has 2 unspecified atom stereocenters. The first-order valence-electron chi connectivity index (χ1n) is 10.4. The molecule has 3 fully saturated rings. The van der Waals surface area contributed by atoms with Crippen LogP contribution in [-0.4, -0.2) is 81.9 Å². The topological polar surface area (TPSA) is 53.3 Å². The van der Waals surface area contributed by atoms with Gasteiger partial charge in [-0.05, 0) is 43.8 Å². The number of piperidine rings is 1. The number of anilines is 1. The first-order valence-corrected chi connectivity index (χ1v) is 10.4. The molecule has 0 bridgehead atoms. The lowest BCUT2D eigenvalue weighted by molar-refractivity contribution is 0.192. The molecule has 2 aromatic rings. The molecule has 5 rings (SSSR count). The largest absolute Gasteiger partial charge is 0.356 e. The molecule has 2 atom stereocenters. The van der Waals surface area contributed by atoms with Crippen LogP contribution in [0.2, 0.25) is 0 Å². The van der Waals surface area contributed by atoms with Crippen molar-refractivity contribution in [3.63, 3.8) is 0 Å². The van der Waals surface area contributed by atoms with Gasteiger partial charge in [-0.2, -0.15) is 5.10 Å². The van der Waals surface area contributed by atoms with Crippen molar-refractivity contribution in [3.05, 3.63) is 30.9 Å². The summed E-state index contributed by atoms with van der Waals surface area (Å²) in [5.74, 6) is 3.42. The molecule has 3 saturated heterocycles. The van der Waals surface area contributed by atoms with E-state index in [-0.39, 0.29) is 0 Å². The number of likely N-dealkylation sites (tertiary alicyclic amines) is 2. The highest BCUT2D eigenvalue weighted by Gasteiger charge is 2.40. The Kier molecular flexibility index (Phi) is 4.80. The zero-order valence-corrected chi connectivity index (χ0v) is 16.0. The lowest BCUT2D eigenvalue weighted by Crippen LogP contribution is -2.38. The monoisotopic (exact) mass is 367 g/mol. The maximum absolute atomic E-state index is 4.53. The fraction of sp³-hybridized carbons (Fsp3) is 0.650. The summed E-state index contributed by atoms with van der Waals surface area (Å²) >= 11 is 0. The third-order valence-electron chi connectivity index (χ3n) is 6.44. The highest BCUT2D eigenvalue weighted by atomic mass is 15.3. The molecule has 27 heavy (non-hydrogen) atoms. The van der Waals surface area contributed by atoms with E-state index in [0.29, 0.717) is 0 Å². The Bertz CT molecular complexity index is 727. The number of hydrogen-bond donors (Lipinski definition) is 0. The Labute approximate surface area is 161 Å². The molecule has 2 aromatic heterocycles. The van der Waals surface area contributed by atoms with Crippen molar-refractivity contribution in [3.8, 4) is 5.82 Å². The summed E-state index contributed by atoms with van der Waals surface area (Å²) in [6.07, 6.45) is 9.56. The molecule has 0 aliphatic carbocycles. The van der Waals surface area contributed by atoms with Gasteiger partial charge in [0.2, 0.25) is 0 Å². The summed E-state index contributed by atoms with van der Waals surface area (Å²) in [5.41, 5.74) is 0. The summed E-state index contributed by atoms with van der Waals surface area (Å²) in [4.78, 5) is 16.7. The van der Waals surface area contributed by atoms with E-state index in [0.717, 1.165) is 36.6 Å². The Morgan fingerprint density at radius 3 is 2.33 bits per heavy atom. The van der Waals surface area contributed by atoms with Gasteiger partial charge in [-0.1, -0.05) is 6.42 Å². The molecular formula is C20H29N7. The van der Waals surface area contributed by atoms with Crippen molar-refractivity contribution in [2.45, 2.75) is 19.3 Å². The van der Waals surface area contributed by atoms with Crippen LogP contribution in [0, 0.1) is 11.8 Å². The Morgan fingerprint density at radius 2 is 1.59 bits per heavy atom. The zero-order chi connectivity index (χ0) is 18.1. The van der Waals surface area contributed by atoms with Crippen molar-refractivity contribution in [2.24, 2.45) is 11.8 Å². The van der Waals surface area contributed by atoms with Gasteiger partial charge in [-0.15, -0.1) is 0 Å². The number of nitrogens with zero attached hydrogens (tertiary/aromatic N) is 7. The Morgan fingerprint density at radius 1 is 0.852 bits per heavy atom. The number of fused-ring (bicyclic) bond motifs is 1. The van der Waals surface area contributed by atoms with Gasteiger partial charge >= 0.3 is 0 Å². The average Bonchev–Trinajstić information content (AvgIpc) is 3.44. The van der Waals surface area contributed by atoms with E-state index in [2.05, 4.69) is 35.8 Å². The molecule has 0 radical (unpaired) electrons. The second-order valence-electron chi connectivity index (χ2n) is 8.27. The van der Waals surface area contributed by atoms with E-state index in [1.165, 1.54) is 58.5 Å². The highest BCUT2D eigenvalue weighted by Crippen LogP contribution is 2.33. The fourth-order valence-corrected chi connectivity index (χ4v) is 4.97. The van der Waals surface area contributed by atoms with Crippen LogP contribution in [0.5, 0.6) is 0 Å². The minimum atomic E-state index is 0.773. The lowest BCUT2D eigenvalue weighted by Gasteiger charge is -2.29. The third-order valence-corrected chi connectivity index (χ3v) is 6.44. The summed E-state index contributed by atoms with van der Waals surface area (Å²) in [6.45, 7) is 9.81. The van der Waals surface area contributed by atoms with E-state index in [4.69, 9.17) is 0 Å². The second kappa shape index (κ2) is 7.56. The van der Waals surface area contributed by atoms with Crippen LogP contribution in [0.15, 0.2) is 30.9 Å². The van der Waals surface area contributed by atoms with Crippen LogP contribution in [-0.2, 0) is 0 Å². The van der Waals surface area contributed by atoms with E-state index >= 15 is 0 Å². The molecule has 0 amide bonds.